The maximum Gasteiger partial charge on any atom is 0.252 e. The quantitative estimate of drug-likeness (QED) is 0.757. The summed E-state index contributed by atoms with van der Waals surface area (Å²) in [6, 6.07) is 14.5. The molecular formula is C21H25N3O3. The second-order valence-corrected chi connectivity index (χ2v) is 7.69. The maximum atomic E-state index is 13.2. The van der Waals surface area contributed by atoms with Crippen molar-refractivity contribution in [3.05, 3.63) is 59.7 Å². The van der Waals surface area contributed by atoms with Gasteiger partial charge < -0.3 is 21.1 Å². The average Bonchev–Trinajstić information content (AvgIpc) is 2.91. The van der Waals surface area contributed by atoms with Gasteiger partial charge in [0.15, 0.2) is 0 Å². The van der Waals surface area contributed by atoms with Crippen molar-refractivity contribution in [2.24, 2.45) is 5.73 Å². The lowest BCUT2D eigenvalue weighted by Gasteiger charge is -2.37. The zero-order chi connectivity index (χ0) is 19.8. The first kappa shape index (κ1) is 18.8. The maximum absolute atomic E-state index is 13.2. The Labute approximate surface area is 159 Å². The number of nitrogens with one attached hydrogen (secondary N) is 1. The fourth-order valence-corrected chi connectivity index (χ4v) is 3.63. The molecule has 3 rings (SSSR count). The number of phenols is 1. The van der Waals surface area contributed by atoms with Crippen LogP contribution < -0.4 is 11.1 Å². The molecule has 0 bridgehead atoms. The molecule has 6 heteroatoms. The number of hydrogen-bond acceptors (Lipinski definition) is 4. The molecule has 1 fully saturated rings. The van der Waals surface area contributed by atoms with Crippen molar-refractivity contribution in [2.45, 2.75) is 38.3 Å². The molecule has 0 radical (unpaired) electrons. The van der Waals surface area contributed by atoms with E-state index < -0.39 is 17.0 Å². The highest BCUT2D eigenvalue weighted by Gasteiger charge is 2.48. The summed E-state index contributed by atoms with van der Waals surface area (Å²) in [7, 11) is 0. The zero-order valence-electron chi connectivity index (χ0n) is 15.8. The monoisotopic (exact) mass is 367 g/mol. The van der Waals surface area contributed by atoms with Gasteiger partial charge in [-0.3, -0.25) is 9.59 Å². The van der Waals surface area contributed by atoms with Crippen LogP contribution in [0.2, 0.25) is 0 Å². The van der Waals surface area contributed by atoms with Crippen LogP contribution in [0.3, 0.4) is 0 Å². The Bertz CT molecular complexity index is 879. The third-order valence-corrected chi connectivity index (χ3v) is 5.39. The van der Waals surface area contributed by atoms with Crippen LogP contribution in [0.4, 0.5) is 5.69 Å². The molecule has 0 aliphatic carbocycles. The van der Waals surface area contributed by atoms with Crippen LogP contribution in [0, 0.1) is 0 Å². The number of amides is 2. The van der Waals surface area contributed by atoms with E-state index in [9.17, 15) is 14.7 Å². The van der Waals surface area contributed by atoms with Gasteiger partial charge in [0, 0.05) is 18.3 Å². The van der Waals surface area contributed by atoms with Crippen molar-refractivity contribution in [3.8, 4) is 5.75 Å². The van der Waals surface area contributed by atoms with Gasteiger partial charge in [-0.05, 0) is 44.9 Å². The fourth-order valence-electron chi connectivity index (χ4n) is 3.63. The Hall–Kier alpha value is -3.02. The molecule has 4 N–H and O–H groups in total. The number of aromatic hydroxyl groups is 1. The Morgan fingerprint density at radius 3 is 2.48 bits per heavy atom. The van der Waals surface area contributed by atoms with E-state index in [4.69, 9.17) is 5.73 Å². The highest BCUT2D eigenvalue weighted by Crippen LogP contribution is 2.37. The number of rotatable bonds is 5. The Morgan fingerprint density at radius 2 is 1.89 bits per heavy atom. The molecule has 0 unspecified atom stereocenters. The standard InChI is InChI=1S/C21H25N3O3/c1-20(2,14-7-5-4-6-8-14)24-12-11-21(3,19(24)27)23-15-9-10-16(18(22)26)17(25)13-15/h4-10,13,23,25H,11-12H2,1-3H3,(H2,22,26)/t21-/m1/s1. The summed E-state index contributed by atoms with van der Waals surface area (Å²) >= 11 is 0. The molecule has 27 heavy (non-hydrogen) atoms. The van der Waals surface area contributed by atoms with Crippen molar-refractivity contribution in [1.82, 2.24) is 4.90 Å². The van der Waals surface area contributed by atoms with E-state index in [0.29, 0.717) is 18.7 Å². The van der Waals surface area contributed by atoms with Crippen LogP contribution in [0.15, 0.2) is 48.5 Å². The molecular weight excluding hydrogens is 342 g/mol. The van der Waals surface area contributed by atoms with Gasteiger partial charge in [-0.2, -0.15) is 0 Å². The SMILES string of the molecule is CC(C)(c1ccccc1)N1CC[C@@](C)(Nc2ccc(C(N)=O)c(O)c2)C1=O. The lowest BCUT2D eigenvalue weighted by Crippen LogP contribution is -2.49. The molecule has 0 spiro atoms. The number of benzene rings is 2. The highest BCUT2D eigenvalue weighted by molar-refractivity contribution is 5.96. The van der Waals surface area contributed by atoms with Gasteiger partial charge in [0.05, 0.1) is 11.1 Å². The first-order valence-corrected chi connectivity index (χ1v) is 8.94. The number of nitrogens with two attached hydrogens (primary N) is 1. The number of nitrogens with zero attached hydrogens (tertiary/aromatic N) is 1. The van der Waals surface area contributed by atoms with E-state index in [2.05, 4.69) is 5.32 Å². The minimum absolute atomic E-state index is 0.00480. The number of carbonyl (C=O) groups is 2. The normalized spacial score (nSPS) is 20.0. The molecule has 142 valence electrons. The largest absolute Gasteiger partial charge is 0.507 e. The predicted octanol–water partition coefficient (Wildman–Crippen LogP) is 2.83. The topological polar surface area (TPSA) is 95.7 Å². The van der Waals surface area contributed by atoms with E-state index >= 15 is 0 Å². The molecule has 2 amide bonds. The van der Waals surface area contributed by atoms with E-state index in [1.54, 1.807) is 6.07 Å². The van der Waals surface area contributed by atoms with Gasteiger partial charge >= 0.3 is 0 Å². The molecule has 1 aliphatic heterocycles. The van der Waals surface area contributed by atoms with Gasteiger partial charge in [-0.1, -0.05) is 30.3 Å². The lowest BCUT2D eigenvalue weighted by atomic mass is 9.92. The van der Waals surface area contributed by atoms with Crippen LogP contribution in [-0.4, -0.2) is 33.9 Å². The van der Waals surface area contributed by atoms with Gasteiger partial charge in [0.2, 0.25) is 5.91 Å². The summed E-state index contributed by atoms with van der Waals surface area (Å²) in [5.74, 6) is -0.907. The summed E-state index contributed by atoms with van der Waals surface area (Å²) in [5, 5.41) is 13.2. The third kappa shape index (κ3) is 3.35. The molecule has 1 atom stereocenters. The molecule has 2 aromatic rings. The summed E-state index contributed by atoms with van der Waals surface area (Å²) in [6.45, 7) is 6.56. The van der Waals surface area contributed by atoms with Crippen molar-refractivity contribution in [2.75, 3.05) is 11.9 Å². The first-order valence-electron chi connectivity index (χ1n) is 8.94. The second kappa shape index (κ2) is 6.61. The summed E-state index contributed by atoms with van der Waals surface area (Å²) in [4.78, 5) is 26.4. The first-order chi connectivity index (χ1) is 12.6. The van der Waals surface area contributed by atoms with Crippen LogP contribution >= 0.6 is 0 Å². The van der Waals surface area contributed by atoms with Crippen molar-refractivity contribution >= 4 is 17.5 Å². The predicted molar refractivity (Wildman–Crippen MR) is 104 cm³/mol. The lowest BCUT2D eigenvalue weighted by molar-refractivity contribution is -0.135. The van der Waals surface area contributed by atoms with Crippen LogP contribution in [0.5, 0.6) is 5.75 Å². The van der Waals surface area contributed by atoms with Gasteiger partial charge in [-0.25, -0.2) is 0 Å². The molecule has 2 aromatic carbocycles. The Kier molecular flexibility index (Phi) is 4.59. The highest BCUT2D eigenvalue weighted by atomic mass is 16.3. The molecule has 1 heterocycles. The van der Waals surface area contributed by atoms with E-state index in [-0.39, 0.29) is 17.2 Å². The minimum Gasteiger partial charge on any atom is -0.507 e. The number of likely N-dealkylation sites (tertiary alicyclic amines) is 1. The van der Waals surface area contributed by atoms with Crippen LogP contribution in [0.1, 0.15) is 43.1 Å². The minimum atomic E-state index is -0.799. The van der Waals surface area contributed by atoms with E-state index in [1.807, 2.05) is 56.0 Å². The number of carbonyl (C=O) groups excluding carboxylic acids is 2. The summed E-state index contributed by atoms with van der Waals surface area (Å²) in [5.41, 5.74) is 5.67. The fraction of sp³-hybridized carbons (Fsp3) is 0.333. The second-order valence-electron chi connectivity index (χ2n) is 7.69. The van der Waals surface area contributed by atoms with Crippen LogP contribution in [0.25, 0.3) is 0 Å². The van der Waals surface area contributed by atoms with Crippen LogP contribution in [-0.2, 0) is 10.3 Å². The molecule has 0 aromatic heterocycles. The Balaban J connectivity index is 1.83. The van der Waals surface area contributed by atoms with Gasteiger partial charge in [0.25, 0.3) is 5.91 Å². The number of hydrogen-bond donors (Lipinski definition) is 3. The van der Waals surface area contributed by atoms with E-state index in [1.165, 1.54) is 12.1 Å². The third-order valence-electron chi connectivity index (χ3n) is 5.39. The smallest absolute Gasteiger partial charge is 0.252 e. The zero-order valence-corrected chi connectivity index (χ0v) is 15.8. The average molecular weight is 367 g/mol. The van der Waals surface area contributed by atoms with Gasteiger partial charge in [0.1, 0.15) is 11.3 Å². The van der Waals surface area contributed by atoms with Gasteiger partial charge in [-0.15, -0.1) is 0 Å². The molecule has 1 saturated heterocycles. The van der Waals surface area contributed by atoms with Crippen molar-refractivity contribution < 1.29 is 14.7 Å². The van der Waals surface area contributed by atoms with Crippen molar-refractivity contribution in [3.63, 3.8) is 0 Å². The van der Waals surface area contributed by atoms with E-state index in [0.717, 1.165) is 5.56 Å². The molecule has 0 saturated carbocycles. The Morgan fingerprint density at radius 1 is 1.22 bits per heavy atom. The summed E-state index contributed by atoms with van der Waals surface area (Å²) < 4.78 is 0. The molecule has 6 nitrogen and oxygen atoms in total. The number of anilines is 1. The summed E-state index contributed by atoms with van der Waals surface area (Å²) in [6.07, 6.45) is 0.625. The van der Waals surface area contributed by atoms with Crippen molar-refractivity contribution in [1.29, 1.82) is 0 Å². The number of primary amides is 1. The molecule has 1 aliphatic rings.